The van der Waals surface area contributed by atoms with Crippen LogP contribution in [-0.2, 0) is 0 Å². The molecule has 0 unspecified atom stereocenters. The Labute approximate surface area is 135 Å². The van der Waals surface area contributed by atoms with Crippen molar-refractivity contribution in [3.63, 3.8) is 0 Å². The van der Waals surface area contributed by atoms with Gasteiger partial charge in [-0.1, -0.05) is 0 Å². The van der Waals surface area contributed by atoms with Crippen LogP contribution in [-0.4, -0.2) is 61.7 Å². The van der Waals surface area contributed by atoms with Crippen LogP contribution in [0.25, 0.3) is 11.3 Å². The number of aliphatic hydroxyl groups excluding tert-OH is 3. The molecule has 24 heavy (non-hydrogen) atoms. The molecule has 10 heteroatoms. The number of aromatic nitrogens is 2. The number of hydrogen-bond donors (Lipinski definition) is 5. The molecule has 5 N–H and O–H groups in total. The third kappa shape index (κ3) is 3.56. The maximum atomic E-state index is 12.1. The highest BCUT2D eigenvalue weighted by Gasteiger charge is 2.30. The maximum Gasteiger partial charge on any atom is 0.269 e. The Balaban J connectivity index is 2.18. The van der Waals surface area contributed by atoms with Crippen molar-refractivity contribution in [2.45, 2.75) is 5.54 Å². The number of nitro benzene ring substituents is 1. The second-order valence-corrected chi connectivity index (χ2v) is 5.18. The van der Waals surface area contributed by atoms with Crippen molar-refractivity contribution in [3.05, 3.63) is 46.1 Å². The number of amides is 1. The smallest absolute Gasteiger partial charge is 0.269 e. The summed E-state index contributed by atoms with van der Waals surface area (Å²) in [7, 11) is 0. The predicted molar refractivity (Wildman–Crippen MR) is 82.1 cm³/mol. The summed E-state index contributed by atoms with van der Waals surface area (Å²) in [6.07, 6.45) is 0. The van der Waals surface area contributed by atoms with Gasteiger partial charge < -0.3 is 20.6 Å². The maximum absolute atomic E-state index is 12.1. The molecule has 1 aromatic heterocycles. The first-order chi connectivity index (χ1) is 11.4. The summed E-state index contributed by atoms with van der Waals surface area (Å²) in [5, 5.41) is 47.0. The summed E-state index contributed by atoms with van der Waals surface area (Å²) in [6, 6.07) is 7.04. The second kappa shape index (κ2) is 7.17. The molecule has 10 nitrogen and oxygen atoms in total. The summed E-state index contributed by atoms with van der Waals surface area (Å²) < 4.78 is 0. The van der Waals surface area contributed by atoms with Crippen molar-refractivity contribution in [2.75, 3.05) is 19.8 Å². The monoisotopic (exact) mass is 336 g/mol. The Morgan fingerprint density at radius 2 is 1.79 bits per heavy atom. The molecule has 1 aromatic carbocycles. The molecule has 2 aromatic rings. The SMILES string of the molecule is O=C(NC(CO)(CO)CO)c1cc(-c2ccc([N+](=O)[O-])cc2)n[nH]1. The number of hydrogen-bond acceptors (Lipinski definition) is 7. The van der Waals surface area contributed by atoms with E-state index in [0.29, 0.717) is 11.3 Å². The predicted octanol–water partition coefficient (Wildman–Crippen LogP) is -0.570. The highest BCUT2D eigenvalue weighted by molar-refractivity contribution is 5.93. The molecule has 0 aliphatic heterocycles. The average molecular weight is 336 g/mol. The zero-order valence-corrected chi connectivity index (χ0v) is 12.5. The minimum absolute atomic E-state index is 0.0445. The Bertz CT molecular complexity index is 715. The van der Waals surface area contributed by atoms with Gasteiger partial charge >= 0.3 is 0 Å². The molecular weight excluding hydrogens is 320 g/mol. The topological polar surface area (TPSA) is 162 Å². The van der Waals surface area contributed by atoms with Crippen molar-refractivity contribution in [1.82, 2.24) is 15.5 Å². The Hall–Kier alpha value is -2.82. The van der Waals surface area contributed by atoms with Gasteiger partial charge in [0.1, 0.15) is 11.2 Å². The first-order valence-electron chi connectivity index (χ1n) is 6.90. The first-order valence-corrected chi connectivity index (χ1v) is 6.90. The zero-order valence-electron chi connectivity index (χ0n) is 12.5. The van der Waals surface area contributed by atoms with Crippen molar-refractivity contribution in [1.29, 1.82) is 0 Å². The number of carbonyl (C=O) groups is 1. The van der Waals surface area contributed by atoms with Gasteiger partial charge in [0.2, 0.25) is 0 Å². The number of benzene rings is 1. The number of H-pyrrole nitrogens is 1. The van der Waals surface area contributed by atoms with Gasteiger partial charge in [-0.2, -0.15) is 5.10 Å². The van der Waals surface area contributed by atoms with Gasteiger partial charge in [-0.15, -0.1) is 0 Å². The van der Waals surface area contributed by atoms with Crippen LogP contribution in [0, 0.1) is 10.1 Å². The normalized spacial score (nSPS) is 11.3. The molecule has 1 heterocycles. The van der Waals surface area contributed by atoms with Crippen LogP contribution in [0.3, 0.4) is 0 Å². The van der Waals surface area contributed by atoms with Crippen LogP contribution >= 0.6 is 0 Å². The lowest BCUT2D eigenvalue weighted by Gasteiger charge is -2.28. The highest BCUT2D eigenvalue weighted by Crippen LogP contribution is 2.21. The zero-order chi connectivity index (χ0) is 17.7. The second-order valence-electron chi connectivity index (χ2n) is 5.18. The fourth-order valence-corrected chi connectivity index (χ4v) is 1.92. The van der Waals surface area contributed by atoms with Crippen LogP contribution < -0.4 is 5.32 Å². The Morgan fingerprint density at radius 3 is 2.29 bits per heavy atom. The molecule has 0 atom stereocenters. The van der Waals surface area contributed by atoms with Crippen molar-refractivity contribution >= 4 is 11.6 Å². The van der Waals surface area contributed by atoms with E-state index in [4.69, 9.17) is 0 Å². The quantitative estimate of drug-likeness (QED) is 0.334. The molecule has 0 saturated heterocycles. The molecule has 0 spiro atoms. The molecule has 0 aliphatic carbocycles. The van der Waals surface area contributed by atoms with E-state index in [1.165, 1.54) is 30.3 Å². The minimum Gasteiger partial charge on any atom is -0.394 e. The van der Waals surface area contributed by atoms with Gasteiger partial charge in [0.15, 0.2) is 0 Å². The largest absolute Gasteiger partial charge is 0.394 e. The standard InChI is InChI=1S/C14H16N4O6/c19-6-14(7-20,8-21)15-13(22)12-5-11(16-17-12)9-1-3-10(4-2-9)18(23)24/h1-5,19-21H,6-8H2,(H,15,22)(H,16,17). The summed E-state index contributed by atoms with van der Waals surface area (Å²) >= 11 is 0. The number of nitrogens with one attached hydrogen (secondary N) is 2. The Morgan fingerprint density at radius 1 is 1.21 bits per heavy atom. The van der Waals surface area contributed by atoms with Gasteiger partial charge in [0.25, 0.3) is 11.6 Å². The van der Waals surface area contributed by atoms with Crippen LogP contribution in [0.15, 0.2) is 30.3 Å². The number of carbonyl (C=O) groups excluding carboxylic acids is 1. The molecule has 0 bridgehead atoms. The third-order valence-electron chi connectivity index (χ3n) is 3.48. The minimum atomic E-state index is -1.55. The Kier molecular flexibility index (Phi) is 5.24. The van der Waals surface area contributed by atoms with Gasteiger partial charge in [0, 0.05) is 17.7 Å². The lowest BCUT2D eigenvalue weighted by molar-refractivity contribution is -0.384. The molecule has 0 fully saturated rings. The number of nitro groups is 1. The van der Waals surface area contributed by atoms with E-state index in [-0.39, 0.29) is 11.4 Å². The third-order valence-corrected chi connectivity index (χ3v) is 3.48. The van der Waals surface area contributed by atoms with E-state index < -0.39 is 36.2 Å². The van der Waals surface area contributed by atoms with Gasteiger partial charge in [-0.3, -0.25) is 20.0 Å². The van der Waals surface area contributed by atoms with E-state index in [9.17, 15) is 30.2 Å². The van der Waals surface area contributed by atoms with Crippen molar-refractivity contribution in [3.8, 4) is 11.3 Å². The number of rotatable bonds is 7. The molecule has 128 valence electrons. The lowest BCUT2D eigenvalue weighted by Crippen LogP contribution is -2.57. The molecule has 2 rings (SSSR count). The van der Waals surface area contributed by atoms with Gasteiger partial charge in [-0.25, -0.2) is 0 Å². The van der Waals surface area contributed by atoms with E-state index in [0.717, 1.165) is 0 Å². The molecular formula is C14H16N4O6. The summed E-state index contributed by atoms with van der Waals surface area (Å²) in [5.74, 6) is -0.673. The average Bonchev–Trinajstić information content (AvgIpc) is 3.10. The van der Waals surface area contributed by atoms with E-state index >= 15 is 0 Å². The fourth-order valence-electron chi connectivity index (χ4n) is 1.92. The molecule has 0 radical (unpaired) electrons. The summed E-state index contributed by atoms with van der Waals surface area (Å²) in [5.41, 5.74) is -0.615. The van der Waals surface area contributed by atoms with Crippen LogP contribution in [0.4, 0.5) is 5.69 Å². The van der Waals surface area contributed by atoms with E-state index in [2.05, 4.69) is 15.5 Å². The first kappa shape index (κ1) is 17.5. The van der Waals surface area contributed by atoms with Gasteiger partial charge in [0.05, 0.1) is 30.4 Å². The number of non-ortho nitro benzene ring substituents is 1. The van der Waals surface area contributed by atoms with Crippen LogP contribution in [0.5, 0.6) is 0 Å². The summed E-state index contributed by atoms with van der Waals surface area (Å²) in [6.45, 7) is -1.93. The van der Waals surface area contributed by atoms with E-state index in [1.54, 1.807) is 0 Å². The molecule has 0 saturated carbocycles. The number of nitrogens with zero attached hydrogens (tertiary/aromatic N) is 2. The van der Waals surface area contributed by atoms with Crippen LogP contribution in [0.1, 0.15) is 10.5 Å². The molecule has 1 amide bonds. The molecule has 0 aliphatic rings. The lowest BCUT2D eigenvalue weighted by atomic mass is 10.0. The summed E-state index contributed by atoms with van der Waals surface area (Å²) in [4.78, 5) is 22.2. The van der Waals surface area contributed by atoms with Crippen molar-refractivity contribution in [2.24, 2.45) is 0 Å². The van der Waals surface area contributed by atoms with Crippen LogP contribution in [0.2, 0.25) is 0 Å². The fraction of sp³-hybridized carbons (Fsp3) is 0.286. The number of aromatic amines is 1. The highest BCUT2D eigenvalue weighted by atomic mass is 16.6. The van der Waals surface area contributed by atoms with E-state index in [1.807, 2.05) is 0 Å². The van der Waals surface area contributed by atoms with Crippen molar-refractivity contribution < 1.29 is 25.0 Å². The number of aliphatic hydroxyl groups is 3. The van der Waals surface area contributed by atoms with Gasteiger partial charge in [-0.05, 0) is 18.2 Å².